The lowest BCUT2D eigenvalue weighted by Crippen LogP contribution is -2.13. The van der Waals surface area contributed by atoms with Gasteiger partial charge in [0.05, 0.1) is 12.3 Å². The molecule has 0 bridgehead atoms. The van der Waals surface area contributed by atoms with E-state index in [1.165, 1.54) is 0 Å². The molecule has 0 aliphatic heterocycles. The summed E-state index contributed by atoms with van der Waals surface area (Å²) in [5.41, 5.74) is 1.09. The van der Waals surface area contributed by atoms with Gasteiger partial charge in [-0.3, -0.25) is 4.99 Å². The SMILES string of the molecule is CC(N=Cc1ncccn1)c1ccccc1O[Si](C)C. The van der Waals surface area contributed by atoms with Crippen LogP contribution in [0.15, 0.2) is 47.7 Å². The Morgan fingerprint density at radius 1 is 1.15 bits per heavy atom. The van der Waals surface area contributed by atoms with Crippen LogP contribution in [-0.2, 0) is 0 Å². The van der Waals surface area contributed by atoms with Crippen LogP contribution in [0.5, 0.6) is 5.75 Å². The molecule has 0 saturated heterocycles. The van der Waals surface area contributed by atoms with Gasteiger partial charge < -0.3 is 4.43 Å². The minimum atomic E-state index is -0.785. The molecule has 4 nitrogen and oxygen atoms in total. The van der Waals surface area contributed by atoms with Crippen molar-refractivity contribution in [2.24, 2.45) is 4.99 Å². The normalized spacial score (nSPS) is 12.8. The monoisotopic (exact) mass is 284 g/mol. The third-order valence-electron chi connectivity index (χ3n) is 2.68. The number of rotatable bonds is 5. The molecule has 0 N–H and O–H groups in total. The third kappa shape index (κ3) is 3.99. The van der Waals surface area contributed by atoms with Crippen LogP contribution in [-0.4, -0.2) is 25.2 Å². The van der Waals surface area contributed by atoms with Crippen LogP contribution < -0.4 is 4.43 Å². The molecule has 0 aliphatic carbocycles. The molecule has 0 aliphatic rings. The van der Waals surface area contributed by atoms with Gasteiger partial charge in [-0.05, 0) is 32.2 Å². The molecule has 103 valence electrons. The first-order valence-corrected chi connectivity index (χ1v) is 8.95. The quantitative estimate of drug-likeness (QED) is 0.625. The van der Waals surface area contributed by atoms with Crippen molar-refractivity contribution in [3.8, 4) is 5.75 Å². The van der Waals surface area contributed by atoms with Crippen LogP contribution in [0.2, 0.25) is 13.1 Å². The van der Waals surface area contributed by atoms with E-state index < -0.39 is 9.04 Å². The van der Waals surface area contributed by atoms with E-state index in [0.29, 0.717) is 5.82 Å². The van der Waals surface area contributed by atoms with E-state index in [1.807, 2.05) is 31.2 Å². The van der Waals surface area contributed by atoms with Gasteiger partial charge in [-0.15, -0.1) is 0 Å². The Hall–Kier alpha value is -2.01. The zero-order chi connectivity index (χ0) is 14.4. The third-order valence-corrected chi connectivity index (χ3v) is 3.31. The van der Waals surface area contributed by atoms with Gasteiger partial charge in [0.2, 0.25) is 0 Å². The number of para-hydroxylation sites is 1. The molecule has 1 unspecified atom stereocenters. The molecule has 1 radical (unpaired) electrons. The lowest BCUT2D eigenvalue weighted by Gasteiger charge is -2.15. The van der Waals surface area contributed by atoms with E-state index in [1.54, 1.807) is 24.7 Å². The highest BCUT2D eigenvalue weighted by Crippen LogP contribution is 2.27. The molecular weight excluding hydrogens is 266 g/mol. The van der Waals surface area contributed by atoms with Gasteiger partial charge in [0, 0.05) is 18.0 Å². The number of nitrogens with zero attached hydrogens (tertiary/aromatic N) is 3. The molecule has 1 heterocycles. The Kier molecular flexibility index (Phi) is 5.01. The van der Waals surface area contributed by atoms with Crippen molar-refractivity contribution in [2.75, 3.05) is 0 Å². The topological polar surface area (TPSA) is 47.4 Å². The van der Waals surface area contributed by atoms with E-state index in [4.69, 9.17) is 4.43 Å². The van der Waals surface area contributed by atoms with E-state index >= 15 is 0 Å². The molecule has 0 saturated carbocycles. The maximum Gasteiger partial charge on any atom is 0.274 e. The number of aliphatic imine (C=N–C) groups is 1. The maximum absolute atomic E-state index is 5.92. The summed E-state index contributed by atoms with van der Waals surface area (Å²) < 4.78 is 5.92. The summed E-state index contributed by atoms with van der Waals surface area (Å²) in [5.74, 6) is 1.54. The van der Waals surface area contributed by atoms with Crippen LogP contribution in [0, 0.1) is 0 Å². The maximum atomic E-state index is 5.92. The Labute approximate surface area is 121 Å². The predicted molar refractivity (Wildman–Crippen MR) is 82.6 cm³/mol. The highest BCUT2D eigenvalue weighted by molar-refractivity contribution is 6.49. The van der Waals surface area contributed by atoms with E-state index in [9.17, 15) is 0 Å². The molecule has 0 fully saturated rings. The van der Waals surface area contributed by atoms with Gasteiger partial charge in [0.25, 0.3) is 9.04 Å². The molecule has 2 rings (SSSR count). The van der Waals surface area contributed by atoms with Crippen molar-refractivity contribution in [2.45, 2.75) is 26.1 Å². The second-order valence-electron chi connectivity index (χ2n) is 4.61. The molecule has 5 heteroatoms. The van der Waals surface area contributed by atoms with Crippen LogP contribution in [0.4, 0.5) is 0 Å². The average molecular weight is 284 g/mol. The summed E-state index contributed by atoms with van der Waals surface area (Å²) >= 11 is 0. The molecule has 1 aromatic carbocycles. The van der Waals surface area contributed by atoms with Crippen molar-refractivity contribution < 1.29 is 4.43 Å². The fourth-order valence-electron chi connectivity index (χ4n) is 1.77. The molecule has 2 aromatic rings. The molecule has 0 amide bonds. The highest BCUT2D eigenvalue weighted by atomic mass is 28.3. The summed E-state index contributed by atoms with van der Waals surface area (Å²) in [7, 11) is -0.785. The molecular formula is C15H18N3OSi. The Bertz CT molecular complexity index is 572. The Morgan fingerprint density at radius 2 is 1.85 bits per heavy atom. The highest BCUT2D eigenvalue weighted by Gasteiger charge is 2.11. The molecule has 1 aromatic heterocycles. The van der Waals surface area contributed by atoms with E-state index in [-0.39, 0.29) is 6.04 Å². The first-order valence-electron chi connectivity index (χ1n) is 6.54. The van der Waals surface area contributed by atoms with Crippen LogP contribution >= 0.6 is 0 Å². The predicted octanol–water partition coefficient (Wildman–Crippen LogP) is 3.29. The molecule has 20 heavy (non-hydrogen) atoms. The van der Waals surface area contributed by atoms with Crippen molar-refractivity contribution in [1.82, 2.24) is 9.97 Å². The van der Waals surface area contributed by atoms with Crippen molar-refractivity contribution >= 4 is 15.3 Å². The van der Waals surface area contributed by atoms with E-state index in [2.05, 4.69) is 28.1 Å². The van der Waals surface area contributed by atoms with Crippen molar-refractivity contribution in [3.63, 3.8) is 0 Å². The van der Waals surface area contributed by atoms with Crippen LogP contribution in [0.25, 0.3) is 0 Å². The lowest BCUT2D eigenvalue weighted by atomic mass is 10.1. The van der Waals surface area contributed by atoms with Gasteiger partial charge in [0.15, 0.2) is 5.82 Å². The number of aromatic nitrogens is 2. The summed E-state index contributed by atoms with van der Waals surface area (Å²) in [5, 5.41) is 0. The summed E-state index contributed by atoms with van der Waals surface area (Å²) in [4.78, 5) is 12.8. The zero-order valence-corrected chi connectivity index (χ0v) is 12.9. The van der Waals surface area contributed by atoms with Gasteiger partial charge in [0.1, 0.15) is 5.75 Å². The largest absolute Gasteiger partial charge is 0.542 e. The number of benzene rings is 1. The molecule has 0 spiro atoms. The second kappa shape index (κ2) is 6.95. The number of hydrogen-bond acceptors (Lipinski definition) is 4. The first-order chi connectivity index (χ1) is 9.66. The second-order valence-corrected chi connectivity index (χ2v) is 6.63. The standard InChI is InChI=1S/C15H18N3OSi/c1-12(18-11-15-16-9-6-10-17-15)13-7-4-5-8-14(13)19-20(2)3/h4-12H,1-3H3. The summed E-state index contributed by atoms with van der Waals surface area (Å²) in [6.45, 7) is 6.28. The van der Waals surface area contributed by atoms with Crippen molar-refractivity contribution in [1.29, 1.82) is 0 Å². The fourth-order valence-corrected chi connectivity index (χ4v) is 2.40. The zero-order valence-electron chi connectivity index (χ0n) is 11.9. The summed E-state index contributed by atoms with van der Waals surface area (Å²) in [6.07, 6.45) is 5.11. The van der Waals surface area contributed by atoms with Gasteiger partial charge in [-0.2, -0.15) is 0 Å². The Balaban J connectivity index is 2.17. The lowest BCUT2D eigenvalue weighted by molar-refractivity contribution is 0.563. The Morgan fingerprint density at radius 3 is 2.55 bits per heavy atom. The van der Waals surface area contributed by atoms with Gasteiger partial charge in [-0.25, -0.2) is 9.97 Å². The smallest absolute Gasteiger partial charge is 0.274 e. The van der Waals surface area contributed by atoms with Gasteiger partial charge in [-0.1, -0.05) is 18.2 Å². The molecule has 1 atom stereocenters. The summed E-state index contributed by atoms with van der Waals surface area (Å²) in [6, 6.07) is 9.84. The van der Waals surface area contributed by atoms with Crippen LogP contribution in [0.3, 0.4) is 0 Å². The average Bonchev–Trinajstić information content (AvgIpc) is 2.46. The number of hydrogen-bond donors (Lipinski definition) is 0. The van der Waals surface area contributed by atoms with E-state index in [0.717, 1.165) is 11.3 Å². The van der Waals surface area contributed by atoms with Crippen molar-refractivity contribution in [3.05, 3.63) is 54.1 Å². The minimum absolute atomic E-state index is 0.0105. The first kappa shape index (κ1) is 14.4. The van der Waals surface area contributed by atoms with Crippen LogP contribution in [0.1, 0.15) is 24.4 Å². The minimum Gasteiger partial charge on any atom is -0.542 e. The van der Waals surface area contributed by atoms with Gasteiger partial charge >= 0.3 is 0 Å². The fraction of sp³-hybridized carbons (Fsp3) is 0.267.